The van der Waals surface area contributed by atoms with Crippen molar-refractivity contribution in [2.45, 2.75) is 18.9 Å². The Morgan fingerprint density at radius 2 is 2.07 bits per heavy atom. The second kappa shape index (κ2) is 5.87. The molecule has 1 unspecified atom stereocenters. The number of hydrogen-bond acceptors (Lipinski definition) is 4. The number of rotatable bonds is 6. The summed E-state index contributed by atoms with van der Waals surface area (Å²) in [7, 11) is 0. The first-order chi connectivity index (χ1) is 6.37. The topological polar surface area (TPSA) is 86.6 Å². The number of amides is 1. The molecule has 0 rings (SSSR count). The van der Waals surface area contributed by atoms with Gasteiger partial charge in [-0.05, 0) is 13.2 Å². The van der Waals surface area contributed by atoms with E-state index in [4.69, 9.17) is 5.11 Å². The average molecular weight is 221 g/mol. The van der Waals surface area contributed by atoms with E-state index in [0.29, 0.717) is 5.75 Å². The highest BCUT2D eigenvalue weighted by atomic mass is 32.2. The van der Waals surface area contributed by atoms with Gasteiger partial charge in [0, 0.05) is 6.54 Å². The summed E-state index contributed by atoms with van der Waals surface area (Å²) in [5.41, 5.74) is -1.39. The molecule has 0 aliphatic carbocycles. The highest BCUT2D eigenvalue weighted by Gasteiger charge is 2.24. The van der Waals surface area contributed by atoms with Crippen LogP contribution in [0.25, 0.3) is 0 Å². The molecule has 0 bridgehead atoms. The molecular formula is C8H15NO4S. The lowest BCUT2D eigenvalue weighted by Gasteiger charge is -2.21. The van der Waals surface area contributed by atoms with Crippen LogP contribution < -0.4 is 5.32 Å². The van der Waals surface area contributed by atoms with Crippen LogP contribution in [0.3, 0.4) is 0 Å². The van der Waals surface area contributed by atoms with Crippen LogP contribution in [0, 0.1) is 0 Å². The van der Waals surface area contributed by atoms with Crippen LogP contribution in [0.1, 0.15) is 13.3 Å². The van der Waals surface area contributed by atoms with E-state index >= 15 is 0 Å². The highest BCUT2D eigenvalue weighted by Crippen LogP contribution is 2.07. The Hall–Kier alpha value is -0.750. The first-order valence-corrected chi connectivity index (χ1v) is 5.46. The summed E-state index contributed by atoms with van der Waals surface area (Å²) in [6.45, 7) is 1.33. The summed E-state index contributed by atoms with van der Waals surface area (Å²) in [6.07, 6.45) is 1.40. The van der Waals surface area contributed by atoms with Crippen molar-refractivity contribution in [2.75, 3.05) is 18.6 Å². The lowest BCUT2D eigenvalue weighted by Crippen LogP contribution is -2.42. The van der Waals surface area contributed by atoms with Crippen LogP contribution in [0.15, 0.2) is 0 Å². The Morgan fingerprint density at radius 3 is 2.50 bits per heavy atom. The van der Waals surface area contributed by atoms with E-state index in [9.17, 15) is 14.7 Å². The molecule has 0 aromatic heterocycles. The number of carbonyl (C=O) groups is 2. The first kappa shape index (κ1) is 13.2. The van der Waals surface area contributed by atoms with Crippen molar-refractivity contribution in [3.8, 4) is 0 Å². The molecule has 0 aromatic carbocycles. The van der Waals surface area contributed by atoms with Crippen LogP contribution in [0.5, 0.6) is 0 Å². The number of carbonyl (C=O) groups excluding carboxylic acids is 1. The Balaban J connectivity index is 3.86. The standard InChI is InChI=1S/C8H15NO4S/c1-8(13,3-7(11)12)5-9-6(10)4-14-2/h13H,3-5H2,1-2H3,(H,9,10)(H,11,12). The van der Waals surface area contributed by atoms with E-state index in [-0.39, 0.29) is 18.9 Å². The highest BCUT2D eigenvalue weighted by molar-refractivity contribution is 7.99. The zero-order valence-electron chi connectivity index (χ0n) is 8.24. The van der Waals surface area contributed by atoms with Gasteiger partial charge in [0.15, 0.2) is 0 Å². The Bertz CT molecular complexity index is 217. The second-order valence-electron chi connectivity index (χ2n) is 3.28. The number of thioether (sulfide) groups is 1. The summed E-state index contributed by atoms with van der Waals surface area (Å²) >= 11 is 1.36. The smallest absolute Gasteiger partial charge is 0.306 e. The summed E-state index contributed by atoms with van der Waals surface area (Å²) < 4.78 is 0. The predicted octanol–water partition coefficient (Wildman–Crippen LogP) is -0.309. The number of hydrogen-bond donors (Lipinski definition) is 3. The molecule has 1 atom stereocenters. The average Bonchev–Trinajstić information content (AvgIpc) is 1.99. The van der Waals surface area contributed by atoms with Gasteiger partial charge in [0.05, 0.1) is 17.8 Å². The molecule has 5 nitrogen and oxygen atoms in total. The molecule has 0 radical (unpaired) electrons. The fraction of sp³-hybridized carbons (Fsp3) is 0.750. The van der Waals surface area contributed by atoms with Crippen molar-refractivity contribution in [3.63, 3.8) is 0 Å². The zero-order chi connectivity index (χ0) is 11.2. The SMILES string of the molecule is CSCC(=O)NCC(C)(O)CC(=O)O. The molecule has 0 aliphatic heterocycles. The first-order valence-electron chi connectivity index (χ1n) is 4.07. The number of aliphatic carboxylic acids is 1. The van der Waals surface area contributed by atoms with Crippen LogP contribution in [0.2, 0.25) is 0 Å². The molecule has 0 saturated heterocycles. The van der Waals surface area contributed by atoms with Gasteiger partial charge < -0.3 is 15.5 Å². The van der Waals surface area contributed by atoms with Crippen LogP contribution in [-0.4, -0.2) is 46.2 Å². The second-order valence-corrected chi connectivity index (χ2v) is 4.14. The maximum Gasteiger partial charge on any atom is 0.306 e. The third-order valence-corrected chi connectivity index (χ3v) is 2.02. The van der Waals surface area contributed by atoms with Crippen molar-refractivity contribution >= 4 is 23.6 Å². The third kappa shape index (κ3) is 6.73. The maximum absolute atomic E-state index is 11.0. The quantitative estimate of drug-likeness (QED) is 0.573. The van der Waals surface area contributed by atoms with Crippen molar-refractivity contribution in [3.05, 3.63) is 0 Å². The van der Waals surface area contributed by atoms with E-state index in [2.05, 4.69) is 5.32 Å². The molecule has 0 spiro atoms. The largest absolute Gasteiger partial charge is 0.481 e. The van der Waals surface area contributed by atoms with Crippen molar-refractivity contribution in [2.24, 2.45) is 0 Å². The molecule has 6 heteroatoms. The van der Waals surface area contributed by atoms with E-state index in [1.54, 1.807) is 6.26 Å². The predicted molar refractivity (Wildman–Crippen MR) is 54.3 cm³/mol. The van der Waals surface area contributed by atoms with Gasteiger partial charge in [0.2, 0.25) is 5.91 Å². The number of aliphatic hydroxyl groups is 1. The van der Waals surface area contributed by atoms with Crippen LogP contribution in [0.4, 0.5) is 0 Å². The van der Waals surface area contributed by atoms with Crippen LogP contribution >= 0.6 is 11.8 Å². The molecule has 0 fully saturated rings. The molecule has 0 aromatic rings. The molecule has 82 valence electrons. The zero-order valence-corrected chi connectivity index (χ0v) is 9.06. The van der Waals surface area contributed by atoms with Gasteiger partial charge in [-0.3, -0.25) is 9.59 Å². The Labute approximate surface area is 86.9 Å². The normalized spacial score (nSPS) is 14.5. The van der Waals surface area contributed by atoms with Crippen LogP contribution in [-0.2, 0) is 9.59 Å². The fourth-order valence-electron chi connectivity index (χ4n) is 0.859. The fourth-order valence-corrected chi connectivity index (χ4v) is 1.22. The summed E-state index contributed by atoms with van der Waals surface area (Å²) in [4.78, 5) is 21.3. The minimum absolute atomic E-state index is 0.0430. The van der Waals surface area contributed by atoms with Gasteiger partial charge in [-0.15, -0.1) is 0 Å². The van der Waals surface area contributed by atoms with E-state index in [1.807, 2.05) is 0 Å². The number of carboxylic acid groups (broad SMARTS) is 1. The third-order valence-electron chi connectivity index (χ3n) is 1.47. The molecule has 1 amide bonds. The Kier molecular flexibility index (Phi) is 5.56. The molecule has 0 aliphatic rings. The molecular weight excluding hydrogens is 206 g/mol. The van der Waals surface area contributed by atoms with Crippen molar-refractivity contribution in [1.82, 2.24) is 5.32 Å². The van der Waals surface area contributed by atoms with Gasteiger partial charge in [-0.1, -0.05) is 0 Å². The molecule has 3 N–H and O–H groups in total. The minimum atomic E-state index is -1.39. The molecule has 0 heterocycles. The van der Waals surface area contributed by atoms with Gasteiger partial charge >= 0.3 is 5.97 Å². The number of carboxylic acids is 1. The monoisotopic (exact) mass is 221 g/mol. The van der Waals surface area contributed by atoms with E-state index < -0.39 is 11.6 Å². The lowest BCUT2D eigenvalue weighted by atomic mass is 10.0. The maximum atomic E-state index is 11.0. The summed E-state index contributed by atoms with van der Waals surface area (Å²) in [6, 6.07) is 0. The Morgan fingerprint density at radius 1 is 1.50 bits per heavy atom. The lowest BCUT2D eigenvalue weighted by molar-refractivity contribution is -0.142. The number of nitrogens with one attached hydrogen (secondary N) is 1. The van der Waals surface area contributed by atoms with E-state index in [0.717, 1.165) is 0 Å². The van der Waals surface area contributed by atoms with Gasteiger partial charge in [0.25, 0.3) is 0 Å². The van der Waals surface area contributed by atoms with E-state index in [1.165, 1.54) is 18.7 Å². The van der Waals surface area contributed by atoms with Gasteiger partial charge in [-0.2, -0.15) is 11.8 Å². The molecule has 0 saturated carbocycles. The minimum Gasteiger partial charge on any atom is -0.481 e. The van der Waals surface area contributed by atoms with Crippen molar-refractivity contribution < 1.29 is 19.8 Å². The van der Waals surface area contributed by atoms with Gasteiger partial charge in [-0.25, -0.2) is 0 Å². The summed E-state index contributed by atoms with van der Waals surface area (Å²) in [5.74, 6) is -0.986. The van der Waals surface area contributed by atoms with Crippen molar-refractivity contribution in [1.29, 1.82) is 0 Å². The van der Waals surface area contributed by atoms with Gasteiger partial charge in [0.1, 0.15) is 0 Å². The molecule has 14 heavy (non-hydrogen) atoms. The summed E-state index contributed by atoms with van der Waals surface area (Å²) in [5, 5.41) is 20.4.